The summed E-state index contributed by atoms with van der Waals surface area (Å²) < 4.78 is 11.2. The molecule has 0 radical (unpaired) electrons. The normalized spacial score (nSPS) is 10.9. The van der Waals surface area contributed by atoms with Crippen molar-refractivity contribution in [2.75, 3.05) is 14.2 Å². The smallest absolute Gasteiger partial charge is 0.335 e. The molecule has 0 saturated heterocycles. The van der Waals surface area contributed by atoms with E-state index in [1.165, 1.54) is 44.6 Å². The number of nitrogens with zero attached hydrogens (tertiary/aromatic N) is 1. The van der Waals surface area contributed by atoms with E-state index in [-0.39, 0.29) is 5.69 Å². The number of aromatic amines is 1. The van der Waals surface area contributed by atoms with Crippen molar-refractivity contribution in [1.82, 2.24) is 9.55 Å². The van der Waals surface area contributed by atoms with Gasteiger partial charge in [-0.15, -0.1) is 0 Å². The number of rotatable bonds is 6. The van der Waals surface area contributed by atoms with Crippen LogP contribution in [0, 0.1) is 0 Å². The zero-order valence-corrected chi connectivity index (χ0v) is 16.8. The molecule has 0 atom stereocenters. The molecule has 0 aliphatic rings. The van der Waals surface area contributed by atoms with E-state index < -0.39 is 28.5 Å². The van der Waals surface area contributed by atoms with Crippen LogP contribution < -0.4 is 20.7 Å². The van der Waals surface area contributed by atoms with Gasteiger partial charge in [-0.05, 0) is 48.0 Å². The van der Waals surface area contributed by atoms with Gasteiger partial charge in [-0.2, -0.15) is 0 Å². The summed E-state index contributed by atoms with van der Waals surface area (Å²) in [4.78, 5) is 39.1. The Morgan fingerprint density at radius 2 is 1.73 bits per heavy atom. The average molecular weight is 429 g/mol. The Morgan fingerprint density at radius 1 is 1.07 bits per heavy atom. The van der Waals surface area contributed by atoms with Gasteiger partial charge in [0, 0.05) is 5.02 Å². The van der Waals surface area contributed by atoms with Gasteiger partial charge in [-0.3, -0.25) is 14.6 Å². The van der Waals surface area contributed by atoms with E-state index in [4.69, 9.17) is 21.1 Å². The molecule has 0 amide bonds. The molecule has 0 aliphatic heterocycles. The molecule has 0 bridgehead atoms. The molecular formula is C21H17ClN2O6. The first-order valence-electron chi connectivity index (χ1n) is 8.64. The summed E-state index contributed by atoms with van der Waals surface area (Å²) in [5.74, 6) is -0.575. The largest absolute Gasteiger partial charge is 0.493 e. The number of ether oxygens (including phenoxy) is 2. The number of ketones is 1. The summed E-state index contributed by atoms with van der Waals surface area (Å²) in [5.41, 5.74) is -1.62. The first-order valence-corrected chi connectivity index (χ1v) is 9.02. The number of methoxy groups -OCH3 is 2. The zero-order chi connectivity index (χ0) is 21.8. The summed E-state index contributed by atoms with van der Waals surface area (Å²) in [6.07, 6.45) is 2.56. The highest BCUT2D eigenvalue weighted by molar-refractivity contribution is 6.30. The van der Waals surface area contributed by atoms with E-state index >= 15 is 0 Å². The number of H-pyrrole nitrogens is 1. The number of halogens is 1. The summed E-state index contributed by atoms with van der Waals surface area (Å²) in [5, 5.41) is 10.9. The van der Waals surface area contributed by atoms with Crippen LogP contribution in [0.5, 0.6) is 17.4 Å². The molecule has 1 heterocycles. The van der Waals surface area contributed by atoms with Crippen LogP contribution >= 0.6 is 11.6 Å². The summed E-state index contributed by atoms with van der Waals surface area (Å²) in [7, 11) is 2.98. The standard InChI is InChI=1S/C21H17ClN2O6/c1-29-16-10-4-12(11-17(16)30-2)3-9-15(25)18-19(26)23-21(28)24(20(18)27)14-7-5-13(22)6-8-14/h3-11,27H,1-2H3,(H,23,26,28). The van der Waals surface area contributed by atoms with Gasteiger partial charge in [0.15, 0.2) is 17.3 Å². The number of aromatic hydroxyl groups is 1. The number of nitrogens with one attached hydrogen (secondary N) is 1. The van der Waals surface area contributed by atoms with Gasteiger partial charge in [0.25, 0.3) is 5.56 Å². The van der Waals surface area contributed by atoms with Gasteiger partial charge in [0.2, 0.25) is 5.88 Å². The maximum absolute atomic E-state index is 12.6. The molecule has 30 heavy (non-hydrogen) atoms. The van der Waals surface area contributed by atoms with Gasteiger partial charge in [-0.25, -0.2) is 9.36 Å². The Hall–Kier alpha value is -3.78. The molecule has 0 aliphatic carbocycles. The quantitative estimate of drug-likeness (QED) is 0.461. The fraction of sp³-hybridized carbons (Fsp3) is 0.0952. The van der Waals surface area contributed by atoms with Crippen LogP contribution in [0.4, 0.5) is 0 Å². The molecule has 2 N–H and O–H groups in total. The van der Waals surface area contributed by atoms with Crippen LogP contribution in [0.2, 0.25) is 5.02 Å². The highest BCUT2D eigenvalue weighted by Crippen LogP contribution is 2.28. The van der Waals surface area contributed by atoms with E-state index in [2.05, 4.69) is 0 Å². The van der Waals surface area contributed by atoms with Crippen LogP contribution in [0.15, 0.2) is 58.1 Å². The first kappa shape index (κ1) is 20.9. The van der Waals surface area contributed by atoms with Crippen LogP contribution in [-0.2, 0) is 0 Å². The third-order valence-electron chi connectivity index (χ3n) is 4.25. The van der Waals surface area contributed by atoms with Gasteiger partial charge in [-0.1, -0.05) is 23.7 Å². The lowest BCUT2D eigenvalue weighted by atomic mass is 10.1. The second kappa shape index (κ2) is 8.71. The van der Waals surface area contributed by atoms with Crippen LogP contribution in [0.1, 0.15) is 15.9 Å². The molecule has 1 aromatic heterocycles. The van der Waals surface area contributed by atoms with Crippen LogP contribution in [-0.4, -0.2) is 34.7 Å². The third kappa shape index (κ3) is 4.13. The topological polar surface area (TPSA) is 111 Å². The molecule has 0 spiro atoms. The third-order valence-corrected chi connectivity index (χ3v) is 4.50. The Balaban J connectivity index is 2.01. The van der Waals surface area contributed by atoms with Crippen LogP contribution in [0.25, 0.3) is 11.8 Å². The minimum Gasteiger partial charge on any atom is -0.493 e. The molecule has 3 rings (SSSR count). The molecule has 9 heteroatoms. The molecular weight excluding hydrogens is 412 g/mol. The Labute approximate surface area is 175 Å². The molecule has 154 valence electrons. The van der Waals surface area contributed by atoms with E-state index in [0.29, 0.717) is 22.1 Å². The second-order valence-corrected chi connectivity index (χ2v) is 6.52. The van der Waals surface area contributed by atoms with Crippen molar-refractivity contribution in [3.05, 3.63) is 85.5 Å². The maximum Gasteiger partial charge on any atom is 0.335 e. The van der Waals surface area contributed by atoms with Crippen molar-refractivity contribution < 1.29 is 19.4 Å². The Morgan fingerprint density at radius 3 is 2.37 bits per heavy atom. The van der Waals surface area contributed by atoms with Crippen molar-refractivity contribution in [2.45, 2.75) is 0 Å². The number of carbonyl (C=O) groups excluding carboxylic acids is 1. The number of hydrogen-bond acceptors (Lipinski definition) is 6. The van der Waals surface area contributed by atoms with Crippen molar-refractivity contribution in [2.24, 2.45) is 0 Å². The number of allylic oxidation sites excluding steroid dienone is 1. The monoisotopic (exact) mass is 428 g/mol. The fourth-order valence-electron chi connectivity index (χ4n) is 2.79. The van der Waals surface area contributed by atoms with E-state index in [1.54, 1.807) is 18.2 Å². The second-order valence-electron chi connectivity index (χ2n) is 6.08. The van der Waals surface area contributed by atoms with Crippen LogP contribution in [0.3, 0.4) is 0 Å². The zero-order valence-electron chi connectivity index (χ0n) is 16.0. The van der Waals surface area contributed by atoms with Gasteiger partial charge < -0.3 is 14.6 Å². The highest BCUT2D eigenvalue weighted by Gasteiger charge is 2.20. The van der Waals surface area contributed by atoms with Crippen molar-refractivity contribution >= 4 is 23.5 Å². The van der Waals surface area contributed by atoms with Gasteiger partial charge in [0.05, 0.1) is 19.9 Å². The number of aromatic nitrogens is 2. The number of benzene rings is 2. The average Bonchev–Trinajstić information content (AvgIpc) is 2.73. The number of hydrogen-bond donors (Lipinski definition) is 2. The van der Waals surface area contributed by atoms with E-state index in [0.717, 1.165) is 10.6 Å². The molecule has 0 saturated carbocycles. The van der Waals surface area contributed by atoms with Crippen molar-refractivity contribution in [1.29, 1.82) is 0 Å². The molecule has 0 fully saturated rings. The maximum atomic E-state index is 12.6. The summed E-state index contributed by atoms with van der Waals surface area (Å²) in [6, 6.07) is 10.9. The fourth-order valence-corrected chi connectivity index (χ4v) is 2.91. The lowest BCUT2D eigenvalue weighted by molar-refractivity contribution is 0.104. The summed E-state index contributed by atoms with van der Waals surface area (Å²) >= 11 is 5.84. The lowest BCUT2D eigenvalue weighted by Gasteiger charge is -2.10. The van der Waals surface area contributed by atoms with Crippen molar-refractivity contribution in [3.63, 3.8) is 0 Å². The van der Waals surface area contributed by atoms with E-state index in [1.807, 2.05) is 4.98 Å². The minimum absolute atomic E-state index is 0.232. The summed E-state index contributed by atoms with van der Waals surface area (Å²) in [6.45, 7) is 0. The minimum atomic E-state index is -0.996. The van der Waals surface area contributed by atoms with Crippen molar-refractivity contribution in [3.8, 4) is 23.1 Å². The Kier molecular flexibility index (Phi) is 6.08. The lowest BCUT2D eigenvalue weighted by Crippen LogP contribution is -2.32. The SMILES string of the molecule is COc1ccc(C=CC(=O)c2c(O)n(-c3ccc(Cl)cc3)c(=O)[nH]c2=O)cc1OC. The molecule has 3 aromatic rings. The highest BCUT2D eigenvalue weighted by atomic mass is 35.5. The van der Waals surface area contributed by atoms with Gasteiger partial charge >= 0.3 is 5.69 Å². The van der Waals surface area contributed by atoms with E-state index in [9.17, 15) is 19.5 Å². The molecule has 0 unspecified atom stereocenters. The molecule has 2 aromatic carbocycles. The predicted octanol–water partition coefficient (Wildman–Crippen LogP) is 2.80. The Bertz CT molecular complexity index is 1240. The first-order chi connectivity index (χ1) is 14.3. The van der Waals surface area contributed by atoms with Gasteiger partial charge in [0.1, 0.15) is 5.56 Å². The molecule has 8 nitrogen and oxygen atoms in total. The number of carbonyl (C=O) groups is 1. The predicted molar refractivity (Wildman–Crippen MR) is 112 cm³/mol.